The van der Waals surface area contributed by atoms with Crippen molar-refractivity contribution in [3.05, 3.63) is 58.4 Å². The molecule has 0 bridgehead atoms. The lowest BCUT2D eigenvalue weighted by Gasteiger charge is -2.14. The zero-order valence-corrected chi connectivity index (χ0v) is 12.2. The Morgan fingerprint density at radius 2 is 2.17 bits per heavy atom. The van der Waals surface area contributed by atoms with Crippen LogP contribution in [0.1, 0.15) is 11.8 Å². The van der Waals surface area contributed by atoms with Crippen molar-refractivity contribution in [1.29, 1.82) is 0 Å². The molecule has 2 heterocycles. The second-order valence-electron chi connectivity index (χ2n) is 5.02. The normalized spacial score (nSPS) is 20.7. The van der Waals surface area contributed by atoms with Gasteiger partial charge in [-0.3, -0.25) is 4.57 Å². The molecule has 23 heavy (non-hydrogen) atoms. The van der Waals surface area contributed by atoms with Crippen LogP contribution in [0.15, 0.2) is 41.3 Å². The first kappa shape index (κ1) is 15.6. The minimum atomic E-state index is -0.781. The number of benzene rings is 1. The third kappa shape index (κ3) is 3.73. The Kier molecular flexibility index (Phi) is 4.65. The van der Waals surface area contributed by atoms with Gasteiger partial charge < -0.3 is 19.9 Å². The van der Waals surface area contributed by atoms with Crippen LogP contribution in [0.3, 0.4) is 0 Å². The lowest BCUT2D eigenvalue weighted by atomic mass is 10.2. The molecule has 122 valence electrons. The van der Waals surface area contributed by atoms with Crippen LogP contribution >= 0.6 is 0 Å². The predicted octanol–water partition coefficient (Wildman–Crippen LogP) is 1.05. The molecular weight excluding hydrogens is 305 g/mol. The minimum Gasteiger partial charge on any atom is -0.381 e. The Hall–Kier alpha value is -2.29. The van der Waals surface area contributed by atoms with Crippen molar-refractivity contribution in [3.8, 4) is 0 Å². The Bertz CT molecular complexity index is 722. The number of halogens is 1. The van der Waals surface area contributed by atoms with Crippen molar-refractivity contribution in [1.82, 2.24) is 9.55 Å². The van der Waals surface area contributed by atoms with Crippen molar-refractivity contribution in [2.75, 3.05) is 18.9 Å². The summed E-state index contributed by atoms with van der Waals surface area (Å²) in [6.07, 6.45) is -0.419. The Labute approximate surface area is 131 Å². The average molecular weight is 321 g/mol. The molecular formula is C15H16FN3O4. The maximum Gasteiger partial charge on any atom is 0.351 e. The fraction of sp³-hybridized carbons (Fsp3) is 0.333. The van der Waals surface area contributed by atoms with E-state index in [9.17, 15) is 9.18 Å². The Balaban J connectivity index is 1.54. The first-order valence-corrected chi connectivity index (χ1v) is 7.06. The van der Waals surface area contributed by atoms with Crippen LogP contribution in [0.4, 0.5) is 10.2 Å². The molecule has 2 atom stereocenters. The van der Waals surface area contributed by atoms with Crippen molar-refractivity contribution >= 4 is 5.82 Å². The van der Waals surface area contributed by atoms with Gasteiger partial charge in [0.2, 0.25) is 0 Å². The molecule has 1 aliphatic heterocycles. The molecule has 1 aliphatic rings. The van der Waals surface area contributed by atoms with E-state index in [2.05, 4.69) is 4.98 Å². The molecule has 0 spiro atoms. The first-order chi connectivity index (χ1) is 11.1. The Morgan fingerprint density at radius 3 is 2.96 bits per heavy atom. The SMILES string of the molecule is Nc1nc(=O)n(C2CO[C@H](COCc3ccccc3)O2)cc1F. The van der Waals surface area contributed by atoms with Gasteiger partial charge in [-0.1, -0.05) is 30.3 Å². The molecule has 1 aromatic carbocycles. The molecule has 0 aliphatic carbocycles. The van der Waals surface area contributed by atoms with E-state index >= 15 is 0 Å². The van der Waals surface area contributed by atoms with Crippen LogP contribution in [0.2, 0.25) is 0 Å². The molecule has 2 N–H and O–H groups in total. The Morgan fingerprint density at radius 1 is 1.39 bits per heavy atom. The minimum absolute atomic E-state index is 0.101. The van der Waals surface area contributed by atoms with E-state index in [0.717, 1.165) is 16.3 Å². The second-order valence-corrected chi connectivity index (χ2v) is 5.02. The van der Waals surface area contributed by atoms with Crippen molar-refractivity contribution in [3.63, 3.8) is 0 Å². The zero-order valence-electron chi connectivity index (χ0n) is 12.2. The van der Waals surface area contributed by atoms with Gasteiger partial charge in [-0.15, -0.1) is 0 Å². The summed E-state index contributed by atoms with van der Waals surface area (Å²) < 4.78 is 30.9. The van der Waals surface area contributed by atoms with E-state index in [1.165, 1.54) is 0 Å². The smallest absolute Gasteiger partial charge is 0.351 e. The molecule has 7 nitrogen and oxygen atoms in total. The maximum atomic E-state index is 13.4. The van der Waals surface area contributed by atoms with Crippen LogP contribution < -0.4 is 11.4 Å². The topological polar surface area (TPSA) is 88.6 Å². The van der Waals surface area contributed by atoms with E-state index in [1.807, 2.05) is 30.3 Å². The summed E-state index contributed by atoms with van der Waals surface area (Å²) in [6, 6.07) is 9.66. The summed E-state index contributed by atoms with van der Waals surface area (Å²) in [7, 11) is 0. The molecule has 0 radical (unpaired) electrons. The van der Waals surface area contributed by atoms with Crippen molar-refractivity contribution in [2.24, 2.45) is 0 Å². The van der Waals surface area contributed by atoms with Crippen LogP contribution in [0.25, 0.3) is 0 Å². The van der Waals surface area contributed by atoms with Gasteiger partial charge >= 0.3 is 5.69 Å². The van der Waals surface area contributed by atoms with E-state index in [-0.39, 0.29) is 13.2 Å². The third-order valence-corrected chi connectivity index (χ3v) is 3.34. The van der Waals surface area contributed by atoms with Crippen LogP contribution in [-0.2, 0) is 20.8 Å². The number of nitrogens with zero attached hydrogens (tertiary/aromatic N) is 2. The standard InChI is InChI=1S/C15H16FN3O4/c16-11-6-19(15(20)18-14(11)17)12-8-22-13(23-12)9-21-7-10-4-2-1-3-5-10/h1-6,12-13H,7-9H2,(H2,17,18,20)/t12?,13-/m0/s1. The highest BCUT2D eigenvalue weighted by Crippen LogP contribution is 2.20. The quantitative estimate of drug-likeness (QED) is 0.885. The summed E-state index contributed by atoms with van der Waals surface area (Å²) in [5.74, 6) is -1.22. The first-order valence-electron chi connectivity index (χ1n) is 7.06. The number of rotatable bonds is 5. The molecule has 2 aromatic rings. The van der Waals surface area contributed by atoms with Gasteiger partial charge in [-0.25, -0.2) is 9.18 Å². The summed E-state index contributed by atoms with van der Waals surface area (Å²) in [5, 5.41) is 0. The summed E-state index contributed by atoms with van der Waals surface area (Å²) in [5.41, 5.74) is 5.58. The van der Waals surface area contributed by atoms with Gasteiger partial charge in [0.25, 0.3) is 0 Å². The van der Waals surface area contributed by atoms with Gasteiger partial charge in [0.1, 0.15) is 0 Å². The van der Waals surface area contributed by atoms with E-state index in [0.29, 0.717) is 6.61 Å². The van der Waals surface area contributed by atoms with Crippen molar-refractivity contribution < 1.29 is 18.6 Å². The lowest BCUT2D eigenvalue weighted by molar-refractivity contribution is -0.118. The number of hydrogen-bond donors (Lipinski definition) is 1. The number of ether oxygens (including phenoxy) is 3. The van der Waals surface area contributed by atoms with Gasteiger partial charge in [-0.05, 0) is 5.56 Å². The van der Waals surface area contributed by atoms with Crippen LogP contribution in [0, 0.1) is 5.82 Å². The maximum absolute atomic E-state index is 13.4. The molecule has 0 saturated carbocycles. The highest BCUT2D eigenvalue weighted by molar-refractivity contribution is 5.26. The van der Waals surface area contributed by atoms with Gasteiger partial charge in [0, 0.05) is 0 Å². The third-order valence-electron chi connectivity index (χ3n) is 3.34. The molecule has 1 saturated heterocycles. The highest BCUT2D eigenvalue weighted by atomic mass is 19.1. The lowest BCUT2D eigenvalue weighted by Crippen LogP contribution is -2.30. The number of hydrogen-bond acceptors (Lipinski definition) is 6. The molecule has 1 fully saturated rings. The van der Waals surface area contributed by atoms with Gasteiger partial charge in [-0.2, -0.15) is 4.98 Å². The number of anilines is 1. The molecule has 1 aromatic heterocycles. The van der Waals surface area contributed by atoms with E-state index in [1.54, 1.807) is 0 Å². The molecule has 8 heteroatoms. The zero-order chi connectivity index (χ0) is 16.2. The molecule has 0 amide bonds. The predicted molar refractivity (Wildman–Crippen MR) is 78.8 cm³/mol. The summed E-state index contributed by atoms with van der Waals surface area (Å²) in [6.45, 7) is 0.724. The van der Waals surface area contributed by atoms with Crippen LogP contribution in [-0.4, -0.2) is 29.1 Å². The van der Waals surface area contributed by atoms with Gasteiger partial charge in [0.05, 0.1) is 26.0 Å². The molecule has 1 unspecified atom stereocenters. The number of nitrogens with two attached hydrogens (primary N) is 1. The number of aromatic nitrogens is 2. The highest BCUT2D eigenvalue weighted by Gasteiger charge is 2.29. The van der Waals surface area contributed by atoms with Crippen molar-refractivity contribution in [2.45, 2.75) is 19.1 Å². The van der Waals surface area contributed by atoms with E-state index < -0.39 is 29.8 Å². The van der Waals surface area contributed by atoms with Crippen LogP contribution in [0.5, 0.6) is 0 Å². The summed E-state index contributed by atoms with van der Waals surface area (Å²) >= 11 is 0. The largest absolute Gasteiger partial charge is 0.381 e. The van der Waals surface area contributed by atoms with Gasteiger partial charge in [0.15, 0.2) is 24.2 Å². The monoisotopic (exact) mass is 321 g/mol. The fourth-order valence-corrected chi connectivity index (χ4v) is 2.19. The number of nitrogen functional groups attached to an aromatic ring is 1. The molecule has 3 rings (SSSR count). The average Bonchev–Trinajstić information content (AvgIpc) is 3.00. The summed E-state index contributed by atoms with van der Waals surface area (Å²) in [4.78, 5) is 15.1. The second kappa shape index (κ2) is 6.86. The van der Waals surface area contributed by atoms with E-state index in [4.69, 9.17) is 19.9 Å². The fourth-order valence-electron chi connectivity index (χ4n) is 2.19.